The Morgan fingerprint density at radius 2 is 1.80 bits per heavy atom. The first kappa shape index (κ1) is 16.6. The van der Waals surface area contributed by atoms with Crippen molar-refractivity contribution in [2.75, 3.05) is 5.32 Å². The molecule has 2 aromatic carbocycles. The highest BCUT2D eigenvalue weighted by Gasteiger charge is 2.34. The molecule has 0 saturated carbocycles. The maximum absolute atomic E-state index is 13.3. The summed E-state index contributed by atoms with van der Waals surface area (Å²) in [6.45, 7) is 0. The van der Waals surface area contributed by atoms with Gasteiger partial charge < -0.3 is 5.32 Å². The summed E-state index contributed by atoms with van der Waals surface area (Å²) in [6.07, 6.45) is -3.48. The number of anilines is 1. The van der Waals surface area contributed by atoms with Gasteiger partial charge >= 0.3 is 6.18 Å². The molecule has 6 nitrogen and oxygen atoms in total. The van der Waals surface area contributed by atoms with E-state index < -0.39 is 23.5 Å². The Hall–Kier alpha value is -3.30. The van der Waals surface area contributed by atoms with E-state index in [1.165, 1.54) is 23.1 Å². The highest BCUT2D eigenvalue weighted by Crippen LogP contribution is 2.33. The van der Waals surface area contributed by atoms with Crippen molar-refractivity contribution in [2.45, 2.75) is 6.18 Å². The summed E-state index contributed by atoms with van der Waals surface area (Å²) in [5, 5.41) is 12.9. The van der Waals surface area contributed by atoms with E-state index in [0.717, 1.165) is 6.07 Å². The molecular weight excluding hydrogens is 342 g/mol. The van der Waals surface area contributed by atoms with Gasteiger partial charge in [0.15, 0.2) is 0 Å². The van der Waals surface area contributed by atoms with E-state index in [9.17, 15) is 22.4 Å². The van der Waals surface area contributed by atoms with Crippen molar-refractivity contribution >= 4 is 11.6 Å². The van der Waals surface area contributed by atoms with E-state index in [0.29, 0.717) is 17.8 Å². The SMILES string of the molecule is O=C(Nc1ccc(F)c(C(F)(F)F)c1)c1ccc(-n2cnnn2)cc1. The molecule has 1 aromatic heterocycles. The molecule has 0 aliphatic heterocycles. The zero-order valence-electron chi connectivity index (χ0n) is 12.3. The summed E-state index contributed by atoms with van der Waals surface area (Å²) in [5.74, 6) is -2.04. The van der Waals surface area contributed by atoms with Crippen molar-refractivity contribution in [3.05, 3.63) is 65.7 Å². The van der Waals surface area contributed by atoms with Gasteiger partial charge in [-0.15, -0.1) is 5.10 Å². The molecular formula is C15H9F4N5O. The normalized spacial score (nSPS) is 11.4. The van der Waals surface area contributed by atoms with Crippen molar-refractivity contribution in [3.8, 4) is 5.69 Å². The van der Waals surface area contributed by atoms with Crippen molar-refractivity contribution in [1.82, 2.24) is 20.2 Å². The molecule has 25 heavy (non-hydrogen) atoms. The van der Waals surface area contributed by atoms with E-state index >= 15 is 0 Å². The molecule has 0 unspecified atom stereocenters. The number of nitrogens with one attached hydrogen (secondary N) is 1. The number of carbonyl (C=O) groups is 1. The number of tetrazole rings is 1. The number of hydrogen-bond donors (Lipinski definition) is 1. The molecule has 0 saturated heterocycles. The number of hydrogen-bond acceptors (Lipinski definition) is 4. The second-order valence-electron chi connectivity index (χ2n) is 4.95. The molecule has 0 radical (unpaired) electrons. The topological polar surface area (TPSA) is 72.7 Å². The molecule has 0 fully saturated rings. The minimum Gasteiger partial charge on any atom is -0.322 e. The first-order valence-corrected chi connectivity index (χ1v) is 6.86. The van der Waals surface area contributed by atoms with Gasteiger partial charge in [0.1, 0.15) is 12.1 Å². The third kappa shape index (κ3) is 3.62. The van der Waals surface area contributed by atoms with Gasteiger partial charge in [-0.3, -0.25) is 4.79 Å². The lowest BCUT2D eigenvalue weighted by Gasteiger charge is -2.11. The van der Waals surface area contributed by atoms with Crippen LogP contribution in [0.15, 0.2) is 48.8 Å². The van der Waals surface area contributed by atoms with Crippen LogP contribution < -0.4 is 5.32 Å². The zero-order valence-corrected chi connectivity index (χ0v) is 12.3. The molecule has 3 rings (SSSR count). The molecule has 128 valence electrons. The average Bonchev–Trinajstić information content (AvgIpc) is 3.10. The van der Waals surface area contributed by atoms with Gasteiger partial charge in [-0.25, -0.2) is 9.07 Å². The summed E-state index contributed by atoms with van der Waals surface area (Å²) >= 11 is 0. The Labute approximate surface area is 138 Å². The first-order valence-electron chi connectivity index (χ1n) is 6.86. The van der Waals surface area contributed by atoms with Gasteiger partial charge in [0.25, 0.3) is 5.91 Å². The maximum Gasteiger partial charge on any atom is 0.419 e. The molecule has 3 aromatic rings. The number of benzene rings is 2. The third-order valence-corrected chi connectivity index (χ3v) is 3.27. The van der Waals surface area contributed by atoms with E-state index in [2.05, 4.69) is 20.8 Å². The van der Waals surface area contributed by atoms with E-state index in [1.807, 2.05) is 0 Å². The monoisotopic (exact) mass is 351 g/mol. The minimum atomic E-state index is -4.85. The van der Waals surface area contributed by atoms with Gasteiger partial charge in [0.05, 0.1) is 11.3 Å². The van der Waals surface area contributed by atoms with Crippen LogP contribution in [0.1, 0.15) is 15.9 Å². The summed E-state index contributed by atoms with van der Waals surface area (Å²) < 4.78 is 52.7. The van der Waals surface area contributed by atoms with Gasteiger partial charge in [-0.2, -0.15) is 13.2 Å². The van der Waals surface area contributed by atoms with Crippen LogP contribution in [0.4, 0.5) is 23.2 Å². The van der Waals surface area contributed by atoms with Crippen LogP contribution in [-0.2, 0) is 6.18 Å². The molecule has 10 heteroatoms. The molecule has 1 N–H and O–H groups in total. The Morgan fingerprint density at radius 1 is 1.08 bits per heavy atom. The van der Waals surface area contributed by atoms with Crippen LogP contribution in [-0.4, -0.2) is 26.1 Å². The standard InChI is InChI=1S/C15H9F4N5O/c16-13-6-3-10(7-12(13)15(17,18)19)21-14(25)9-1-4-11(5-2-9)24-8-20-22-23-24/h1-8H,(H,21,25). The van der Waals surface area contributed by atoms with Crippen LogP contribution in [0.25, 0.3) is 5.69 Å². The second kappa shape index (κ2) is 6.30. The van der Waals surface area contributed by atoms with Crippen LogP contribution in [0, 0.1) is 5.82 Å². The molecule has 0 spiro atoms. The molecule has 0 atom stereocenters. The number of alkyl halides is 3. The van der Waals surface area contributed by atoms with Crippen LogP contribution in [0.3, 0.4) is 0 Å². The minimum absolute atomic E-state index is 0.164. The molecule has 0 aliphatic carbocycles. The van der Waals surface area contributed by atoms with Gasteiger partial charge in [-0.05, 0) is 52.9 Å². The number of carbonyl (C=O) groups excluding carboxylic acids is 1. The van der Waals surface area contributed by atoms with Crippen molar-refractivity contribution in [2.24, 2.45) is 0 Å². The van der Waals surface area contributed by atoms with Crippen molar-refractivity contribution in [3.63, 3.8) is 0 Å². The Kier molecular flexibility index (Phi) is 4.17. The first-order chi connectivity index (χ1) is 11.8. The quantitative estimate of drug-likeness (QED) is 0.736. The number of amides is 1. The summed E-state index contributed by atoms with van der Waals surface area (Å²) in [7, 11) is 0. The lowest BCUT2D eigenvalue weighted by molar-refractivity contribution is -0.139. The molecule has 1 amide bonds. The van der Waals surface area contributed by atoms with E-state index in [-0.39, 0.29) is 11.3 Å². The summed E-state index contributed by atoms with van der Waals surface area (Å²) in [5.41, 5.74) is -0.806. The predicted octanol–water partition coefficient (Wildman–Crippen LogP) is 3.07. The smallest absolute Gasteiger partial charge is 0.322 e. The highest BCUT2D eigenvalue weighted by molar-refractivity contribution is 6.04. The van der Waals surface area contributed by atoms with E-state index in [4.69, 9.17) is 0 Å². The fraction of sp³-hybridized carbons (Fsp3) is 0.0667. The average molecular weight is 351 g/mol. The van der Waals surface area contributed by atoms with Crippen molar-refractivity contribution in [1.29, 1.82) is 0 Å². The number of halogens is 4. The predicted molar refractivity (Wildman–Crippen MR) is 78.5 cm³/mol. The lowest BCUT2D eigenvalue weighted by Crippen LogP contribution is -2.14. The highest BCUT2D eigenvalue weighted by atomic mass is 19.4. The Balaban J connectivity index is 1.78. The van der Waals surface area contributed by atoms with E-state index in [1.54, 1.807) is 12.1 Å². The van der Waals surface area contributed by atoms with Gasteiger partial charge in [0, 0.05) is 11.3 Å². The van der Waals surface area contributed by atoms with Crippen molar-refractivity contribution < 1.29 is 22.4 Å². The molecule has 1 heterocycles. The number of nitrogens with zero attached hydrogens (tertiary/aromatic N) is 4. The zero-order chi connectivity index (χ0) is 18.0. The number of rotatable bonds is 3. The van der Waals surface area contributed by atoms with Gasteiger partial charge in [0.2, 0.25) is 0 Å². The fourth-order valence-corrected chi connectivity index (χ4v) is 2.07. The maximum atomic E-state index is 13.3. The second-order valence-corrected chi connectivity index (χ2v) is 4.95. The fourth-order valence-electron chi connectivity index (χ4n) is 2.07. The summed E-state index contributed by atoms with van der Waals surface area (Å²) in [4.78, 5) is 12.1. The largest absolute Gasteiger partial charge is 0.419 e. The van der Waals surface area contributed by atoms with Gasteiger partial charge in [-0.1, -0.05) is 0 Å². The third-order valence-electron chi connectivity index (χ3n) is 3.27. The van der Waals surface area contributed by atoms with Crippen LogP contribution in [0.5, 0.6) is 0 Å². The number of aromatic nitrogens is 4. The Bertz CT molecular complexity index is 891. The lowest BCUT2D eigenvalue weighted by atomic mass is 10.1. The Morgan fingerprint density at radius 3 is 2.40 bits per heavy atom. The molecule has 0 bridgehead atoms. The molecule has 0 aliphatic rings. The van der Waals surface area contributed by atoms with Crippen LogP contribution >= 0.6 is 0 Å². The summed E-state index contributed by atoms with van der Waals surface area (Å²) in [6, 6.07) is 8.30. The van der Waals surface area contributed by atoms with Crippen LogP contribution in [0.2, 0.25) is 0 Å².